The molecule has 0 spiro atoms. The van der Waals surface area contributed by atoms with E-state index in [2.05, 4.69) is 31.2 Å². The lowest BCUT2D eigenvalue weighted by Gasteiger charge is -2.26. The molecular formula is C20H27N3O2. The van der Waals surface area contributed by atoms with Gasteiger partial charge in [0.2, 0.25) is 5.91 Å². The van der Waals surface area contributed by atoms with E-state index in [4.69, 9.17) is 4.74 Å². The molecule has 0 saturated heterocycles. The molecule has 1 aromatic heterocycles. The molecule has 0 saturated carbocycles. The lowest BCUT2D eigenvalue weighted by Crippen LogP contribution is -2.33. The first-order valence-electron chi connectivity index (χ1n) is 8.99. The molecule has 1 aromatic carbocycles. The quantitative estimate of drug-likeness (QED) is 0.907. The van der Waals surface area contributed by atoms with E-state index in [0.717, 1.165) is 41.2 Å². The van der Waals surface area contributed by atoms with Crippen molar-refractivity contribution in [3.63, 3.8) is 0 Å². The first kappa shape index (κ1) is 17.5. The van der Waals surface area contributed by atoms with E-state index in [1.54, 1.807) is 0 Å². The zero-order valence-corrected chi connectivity index (χ0v) is 15.5. The molecule has 1 atom stereocenters. The van der Waals surface area contributed by atoms with Crippen LogP contribution in [0.3, 0.4) is 0 Å². The number of nitrogens with one attached hydrogen (secondary N) is 1. The number of carbonyl (C=O) groups excluding carboxylic acids is 1. The number of ether oxygens (including phenoxy) is 1. The molecule has 5 nitrogen and oxygen atoms in total. The van der Waals surface area contributed by atoms with Crippen molar-refractivity contribution in [2.75, 3.05) is 6.61 Å². The number of carbonyl (C=O) groups is 1. The first-order valence-corrected chi connectivity index (χ1v) is 8.99. The summed E-state index contributed by atoms with van der Waals surface area (Å²) in [5, 5.41) is 7.77. The summed E-state index contributed by atoms with van der Waals surface area (Å²) in [7, 11) is 0. The number of aromatic nitrogens is 2. The molecule has 25 heavy (non-hydrogen) atoms. The van der Waals surface area contributed by atoms with Gasteiger partial charge < -0.3 is 10.1 Å². The van der Waals surface area contributed by atoms with Gasteiger partial charge in [0, 0.05) is 29.8 Å². The summed E-state index contributed by atoms with van der Waals surface area (Å²) in [5.74, 6) is 1.44. The highest BCUT2D eigenvalue weighted by Crippen LogP contribution is 2.31. The third kappa shape index (κ3) is 3.86. The molecule has 0 aliphatic carbocycles. The van der Waals surface area contributed by atoms with Crippen LogP contribution in [0.2, 0.25) is 0 Å². The minimum Gasteiger partial charge on any atom is -0.493 e. The summed E-state index contributed by atoms with van der Waals surface area (Å²) in [6.45, 7) is 9.88. The number of para-hydroxylation sites is 1. The van der Waals surface area contributed by atoms with Gasteiger partial charge in [-0.2, -0.15) is 5.10 Å². The van der Waals surface area contributed by atoms with Gasteiger partial charge >= 0.3 is 0 Å². The highest BCUT2D eigenvalue weighted by Gasteiger charge is 2.23. The van der Waals surface area contributed by atoms with Gasteiger partial charge in [0.05, 0.1) is 24.8 Å². The number of benzene rings is 1. The Bertz CT molecular complexity index is 764. The van der Waals surface area contributed by atoms with Crippen LogP contribution in [0.15, 0.2) is 24.3 Å². The maximum absolute atomic E-state index is 12.6. The van der Waals surface area contributed by atoms with Crippen molar-refractivity contribution in [2.45, 2.75) is 53.1 Å². The van der Waals surface area contributed by atoms with Crippen LogP contribution >= 0.6 is 0 Å². The number of nitrogens with zero attached hydrogens (tertiary/aromatic N) is 2. The maximum atomic E-state index is 12.6. The van der Waals surface area contributed by atoms with Gasteiger partial charge in [-0.05, 0) is 25.8 Å². The lowest BCUT2D eigenvalue weighted by atomic mass is 10.00. The number of fused-ring (bicyclic) bond motifs is 1. The van der Waals surface area contributed by atoms with Crippen LogP contribution in [-0.2, 0) is 17.8 Å². The SMILES string of the molecule is Cc1nn(CC(C)C)c(C)c1CC(=O)N[C@@H]1CCOc2ccccc21. The van der Waals surface area contributed by atoms with Gasteiger partial charge in [0.1, 0.15) is 5.75 Å². The van der Waals surface area contributed by atoms with Crippen molar-refractivity contribution < 1.29 is 9.53 Å². The maximum Gasteiger partial charge on any atom is 0.225 e. The zero-order chi connectivity index (χ0) is 18.0. The van der Waals surface area contributed by atoms with Gasteiger partial charge in [-0.15, -0.1) is 0 Å². The summed E-state index contributed by atoms with van der Waals surface area (Å²) in [5.41, 5.74) is 4.14. The average molecular weight is 341 g/mol. The molecule has 0 unspecified atom stereocenters. The second-order valence-corrected chi connectivity index (χ2v) is 7.20. The smallest absolute Gasteiger partial charge is 0.225 e. The molecule has 1 aliphatic rings. The fourth-order valence-electron chi connectivity index (χ4n) is 3.41. The van der Waals surface area contributed by atoms with Gasteiger partial charge in [0.25, 0.3) is 0 Å². The van der Waals surface area contributed by atoms with E-state index in [0.29, 0.717) is 18.9 Å². The van der Waals surface area contributed by atoms with E-state index in [-0.39, 0.29) is 11.9 Å². The van der Waals surface area contributed by atoms with Crippen LogP contribution in [0.4, 0.5) is 0 Å². The molecule has 1 aliphatic heterocycles. The minimum atomic E-state index is 0.0174. The first-order chi connectivity index (χ1) is 12.0. The van der Waals surface area contributed by atoms with Crippen molar-refractivity contribution >= 4 is 5.91 Å². The third-order valence-electron chi connectivity index (χ3n) is 4.70. The van der Waals surface area contributed by atoms with Crippen LogP contribution < -0.4 is 10.1 Å². The number of hydrogen-bond donors (Lipinski definition) is 1. The summed E-state index contributed by atoms with van der Waals surface area (Å²) in [6, 6.07) is 7.94. The number of rotatable bonds is 5. The predicted molar refractivity (Wildman–Crippen MR) is 97.7 cm³/mol. The van der Waals surface area contributed by atoms with E-state index in [9.17, 15) is 4.79 Å². The Morgan fingerprint density at radius 3 is 2.88 bits per heavy atom. The van der Waals surface area contributed by atoms with Gasteiger partial charge in [-0.1, -0.05) is 32.0 Å². The topological polar surface area (TPSA) is 56.2 Å². The monoisotopic (exact) mass is 341 g/mol. The highest BCUT2D eigenvalue weighted by atomic mass is 16.5. The molecule has 5 heteroatoms. The van der Waals surface area contributed by atoms with Crippen LogP contribution in [0, 0.1) is 19.8 Å². The summed E-state index contributed by atoms with van der Waals surface area (Å²) >= 11 is 0. The van der Waals surface area contributed by atoms with Crippen molar-refractivity contribution in [3.8, 4) is 5.75 Å². The fraction of sp³-hybridized carbons (Fsp3) is 0.500. The van der Waals surface area contributed by atoms with Crippen molar-refractivity contribution in [3.05, 3.63) is 46.8 Å². The molecule has 1 N–H and O–H groups in total. The summed E-state index contributed by atoms with van der Waals surface area (Å²) in [6.07, 6.45) is 1.17. The second-order valence-electron chi connectivity index (χ2n) is 7.20. The molecule has 2 heterocycles. The lowest BCUT2D eigenvalue weighted by molar-refractivity contribution is -0.121. The zero-order valence-electron chi connectivity index (χ0n) is 15.5. The van der Waals surface area contributed by atoms with E-state index in [1.165, 1.54) is 0 Å². The molecule has 3 rings (SSSR count). The number of amides is 1. The van der Waals surface area contributed by atoms with Crippen molar-refractivity contribution in [1.82, 2.24) is 15.1 Å². The van der Waals surface area contributed by atoms with Crippen LogP contribution in [0.5, 0.6) is 5.75 Å². The second kappa shape index (κ2) is 7.30. The highest BCUT2D eigenvalue weighted by molar-refractivity contribution is 5.79. The van der Waals surface area contributed by atoms with E-state index >= 15 is 0 Å². The third-order valence-corrected chi connectivity index (χ3v) is 4.70. The van der Waals surface area contributed by atoms with Crippen LogP contribution in [0.1, 0.15) is 48.8 Å². The van der Waals surface area contributed by atoms with Crippen LogP contribution in [-0.4, -0.2) is 22.3 Å². The standard InChI is InChI=1S/C20H27N3O2/c1-13(2)12-23-15(4)17(14(3)22-23)11-20(24)21-18-9-10-25-19-8-6-5-7-16(18)19/h5-8,13,18H,9-12H2,1-4H3,(H,21,24)/t18-/m1/s1. The molecular weight excluding hydrogens is 314 g/mol. The molecule has 1 amide bonds. The predicted octanol–water partition coefficient (Wildman–Crippen LogP) is 3.34. The molecule has 0 radical (unpaired) electrons. The molecule has 134 valence electrons. The van der Waals surface area contributed by atoms with Crippen molar-refractivity contribution in [2.24, 2.45) is 5.92 Å². The van der Waals surface area contributed by atoms with Crippen molar-refractivity contribution in [1.29, 1.82) is 0 Å². The minimum absolute atomic E-state index is 0.0174. The Balaban J connectivity index is 1.71. The Morgan fingerprint density at radius 1 is 1.36 bits per heavy atom. The van der Waals surface area contributed by atoms with E-state index < -0.39 is 0 Å². The Hall–Kier alpha value is -2.30. The summed E-state index contributed by atoms with van der Waals surface area (Å²) in [4.78, 5) is 12.6. The average Bonchev–Trinajstić information content (AvgIpc) is 2.82. The molecule has 0 bridgehead atoms. The molecule has 0 fully saturated rings. The van der Waals surface area contributed by atoms with Crippen LogP contribution in [0.25, 0.3) is 0 Å². The van der Waals surface area contributed by atoms with Gasteiger partial charge in [0.15, 0.2) is 0 Å². The number of hydrogen-bond acceptors (Lipinski definition) is 3. The number of aryl methyl sites for hydroxylation is 1. The Kier molecular flexibility index (Phi) is 5.11. The normalized spacial score (nSPS) is 16.4. The fourth-order valence-corrected chi connectivity index (χ4v) is 3.41. The van der Waals surface area contributed by atoms with Gasteiger partial charge in [-0.3, -0.25) is 9.48 Å². The van der Waals surface area contributed by atoms with E-state index in [1.807, 2.05) is 35.9 Å². The van der Waals surface area contributed by atoms with Gasteiger partial charge in [-0.25, -0.2) is 0 Å². The largest absolute Gasteiger partial charge is 0.493 e. The summed E-state index contributed by atoms with van der Waals surface area (Å²) < 4.78 is 7.69. The Morgan fingerprint density at radius 2 is 2.12 bits per heavy atom. The Labute approximate surface area is 149 Å². The molecule has 2 aromatic rings.